The third kappa shape index (κ3) is 4.58. The summed E-state index contributed by atoms with van der Waals surface area (Å²) in [4.78, 5) is 11.5. The number of rotatable bonds is 4. The minimum atomic E-state index is -0.113. The molecule has 1 aromatic carbocycles. The first-order chi connectivity index (χ1) is 9.94. The summed E-state index contributed by atoms with van der Waals surface area (Å²) >= 11 is 11.8. The number of hydrogen-bond acceptors (Lipinski definition) is 4. The van der Waals surface area contributed by atoms with Crippen LogP contribution in [0.25, 0.3) is 0 Å². The lowest BCUT2D eigenvalue weighted by atomic mass is 10.2. The number of carbonyl (C=O) groups is 1. The van der Waals surface area contributed by atoms with Gasteiger partial charge in [0.05, 0.1) is 0 Å². The van der Waals surface area contributed by atoms with Crippen molar-refractivity contribution in [2.75, 3.05) is 10.6 Å². The van der Waals surface area contributed by atoms with E-state index in [2.05, 4.69) is 20.8 Å². The van der Waals surface area contributed by atoms with Crippen molar-refractivity contribution in [3.63, 3.8) is 0 Å². The summed E-state index contributed by atoms with van der Waals surface area (Å²) in [6, 6.07) is 8.47. The molecule has 2 aromatic rings. The minimum absolute atomic E-state index is 0.105. The number of anilines is 3. The van der Waals surface area contributed by atoms with Crippen LogP contribution in [0.4, 0.5) is 17.3 Å². The second-order valence-corrected chi connectivity index (χ2v) is 5.60. The van der Waals surface area contributed by atoms with Gasteiger partial charge in [0.25, 0.3) is 0 Å². The highest BCUT2D eigenvalue weighted by Gasteiger charge is 2.08. The Labute approximate surface area is 132 Å². The molecule has 1 aromatic heterocycles. The van der Waals surface area contributed by atoms with Gasteiger partial charge in [-0.3, -0.25) is 4.79 Å². The predicted octanol–water partition coefficient (Wildman–Crippen LogP) is 4.12. The molecule has 21 heavy (non-hydrogen) atoms. The van der Waals surface area contributed by atoms with E-state index in [0.29, 0.717) is 27.4 Å². The van der Waals surface area contributed by atoms with Crippen LogP contribution in [-0.4, -0.2) is 16.1 Å². The van der Waals surface area contributed by atoms with Crippen LogP contribution in [0.5, 0.6) is 0 Å². The van der Waals surface area contributed by atoms with Crippen molar-refractivity contribution in [2.24, 2.45) is 5.92 Å². The summed E-state index contributed by atoms with van der Waals surface area (Å²) < 4.78 is 0. The van der Waals surface area contributed by atoms with Gasteiger partial charge < -0.3 is 10.6 Å². The molecular formula is C14H14Cl2N4O. The maximum atomic E-state index is 11.5. The number of nitrogens with zero attached hydrogens (tertiary/aromatic N) is 2. The van der Waals surface area contributed by atoms with Crippen molar-refractivity contribution in [1.82, 2.24) is 10.2 Å². The number of aromatic nitrogens is 2. The minimum Gasteiger partial charge on any atom is -0.339 e. The Morgan fingerprint density at radius 1 is 1.05 bits per heavy atom. The average molecular weight is 325 g/mol. The third-order valence-corrected chi connectivity index (χ3v) is 3.01. The summed E-state index contributed by atoms with van der Waals surface area (Å²) in [5.74, 6) is 0.712. The van der Waals surface area contributed by atoms with Crippen molar-refractivity contribution in [1.29, 1.82) is 0 Å². The molecule has 0 aliphatic rings. The Hall–Kier alpha value is -1.85. The number of carbonyl (C=O) groups excluding carboxylic acids is 1. The summed E-state index contributed by atoms with van der Waals surface area (Å²) in [5, 5.41) is 14.7. The van der Waals surface area contributed by atoms with Gasteiger partial charge in [-0.1, -0.05) is 37.0 Å². The maximum Gasteiger partial charge on any atom is 0.228 e. The van der Waals surface area contributed by atoms with Crippen LogP contribution in [0.2, 0.25) is 10.0 Å². The van der Waals surface area contributed by atoms with E-state index >= 15 is 0 Å². The van der Waals surface area contributed by atoms with E-state index in [0.717, 1.165) is 0 Å². The van der Waals surface area contributed by atoms with Crippen molar-refractivity contribution in [3.8, 4) is 0 Å². The molecule has 110 valence electrons. The fraction of sp³-hybridized carbons (Fsp3) is 0.214. The zero-order chi connectivity index (χ0) is 15.4. The van der Waals surface area contributed by atoms with Gasteiger partial charge in [-0.25, -0.2) is 0 Å². The number of amides is 1. The molecule has 0 aliphatic carbocycles. The molecule has 7 heteroatoms. The lowest BCUT2D eigenvalue weighted by molar-refractivity contribution is -0.118. The fourth-order valence-electron chi connectivity index (χ4n) is 1.51. The van der Waals surface area contributed by atoms with Gasteiger partial charge >= 0.3 is 0 Å². The molecule has 0 atom stereocenters. The molecule has 0 saturated carbocycles. The second-order valence-electron chi connectivity index (χ2n) is 4.73. The van der Waals surface area contributed by atoms with Gasteiger partial charge in [-0.05, 0) is 30.3 Å². The van der Waals surface area contributed by atoms with E-state index in [9.17, 15) is 4.79 Å². The normalized spacial score (nSPS) is 10.5. The third-order valence-electron chi connectivity index (χ3n) is 2.58. The van der Waals surface area contributed by atoms with Crippen LogP contribution >= 0.6 is 23.2 Å². The fourth-order valence-corrected chi connectivity index (χ4v) is 2.04. The molecular weight excluding hydrogens is 311 g/mol. The zero-order valence-electron chi connectivity index (χ0n) is 11.5. The number of hydrogen-bond donors (Lipinski definition) is 2. The van der Waals surface area contributed by atoms with E-state index < -0.39 is 0 Å². The van der Waals surface area contributed by atoms with Crippen molar-refractivity contribution in [2.45, 2.75) is 13.8 Å². The summed E-state index contributed by atoms with van der Waals surface area (Å²) in [6.07, 6.45) is 0. The van der Waals surface area contributed by atoms with Crippen LogP contribution < -0.4 is 10.6 Å². The Morgan fingerprint density at radius 2 is 1.62 bits per heavy atom. The van der Waals surface area contributed by atoms with Crippen LogP contribution in [0, 0.1) is 5.92 Å². The lowest BCUT2D eigenvalue weighted by Crippen LogP contribution is -2.18. The van der Waals surface area contributed by atoms with E-state index in [1.807, 2.05) is 13.8 Å². The van der Waals surface area contributed by atoms with Crippen molar-refractivity contribution < 1.29 is 4.79 Å². The molecule has 0 aliphatic heterocycles. The zero-order valence-corrected chi connectivity index (χ0v) is 13.0. The second kappa shape index (κ2) is 6.74. The highest BCUT2D eigenvalue weighted by atomic mass is 35.5. The van der Waals surface area contributed by atoms with Gasteiger partial charge in [0.1, 0.15) is 0 Å². The van der Waals surface area contributed by atoms with Gasteiger partial charge in [-0.15, -0.1) is 10.2 Å². The van der Waals surface area contributed by atoms with Crippen molar-refractivity contribution >= 4 is 46.4 Å². The monoisotopic (exact) mass is 324 g/mol. The van der Waals surface area contributed by atoms with Crippen LogP contribution in [0.3, 0.4) is 0 Å². The Bertz CT molecular complexity index is 624. The molecule has 0 radical (unpaired) electrons. The first-order valence-corrected chi connectivity index (χ1v) is 7.07. The molecule has 0 saturated heterocycles. The molecule has 2 N–H and O–H groups in total. The first-order valence-electron chi connectivity index (χ1n) is 6.32. The maximum absolute atomic E-state index is 11.5. The van der Waals surface area contributed by atoms with Crippen LogP contribution in [0.1, 0.15) is 13.8 Å². The molecule has 0 bridgehead atoms. The average Bonchev–Trinajstić information content (AvgIpc) is 2.39. The molecule has 0 unspecified atom stereocenters. The first kappa shape index (κ1) is 15.5. The molecule has 0 fully saturated rings. The summed E-state index contributed by atoms with van der Waals surface area (Å²) in [7, 11) is 0. The standard InChI is InChI=1S/C14H14Cl2N4O/c1-8(2)14(21)18-13-4-3-12(19-20-13)17-11-6-9(15)5-10(16)7-11/h3-8H,1-2H3,(H,17,19)(H,18,20,21). The Morgan fingerprint density at radius 3 is 2.14 bits per heavy atom. The van der Waals surface area contributed by atoms with Gasteiger partial charge in [-0.2, -0.15) is 0 Å². The predicted molar refractivity (Wildman–Crippen MR) is 85.2 cm³/mol. The van der Waals surface area contributed by atoms with Crippen LogP contribution in [0.15, 0.2) is 30.3 Å². The van der Waals surface area contributed by atoms with E-state index in [4.69, 9.17) is 23.2 Å². The summed E-state index contributed by atoms with van der Waals surface area (Å²) in [5.41, 5.74) is 0.709. The molecule has 1 amide bonds. The van der Waals surface area contributed by atoms with Crippen LogP contribution in [-0.2, 0) is 4.79 Å². The highest BCUT2D eigenvalue weighted by Crippen LogP contribution is 2.24. The Kier molecular flexibility index (Phi) is 4.98. The summed E-state index contributed by atoms with van der Waals surface area (Å²) in [6.45, 7) is 3.61. The molecule has 5 nitrogen and oxygen atoms in total. The number of benzene rings is 1. The van der Waals surface area contributed by atoms with Gasteiger partial charge in [0.2, 0.25) is 5.91 Å². The Balaban J connectivity index is 2.07. The SMILES string of the molecule is CC(C)C(=O)Nc1ccc(Nc2cc(Cl)cc(Cl)c2)nn1. The number of nitrogens with one attached hydrogen (secondary N) is 2. The van der Waals surface area contributed by atoms with E-state index in [-0.39, 0.29) is 11.8 Å². The van der Waals surface area contributed by atoms with E-state index in [1.54, 1.807) is 30.3 Å². The van der Waals surface area contributed by atoms with Gasteiger partial charge in [0.15, 0.2) is 11.6 Å². The molecule has 1 heterocycles. The lowest BCUT2D eigenvalue weighted by Gasteiger charge is -2.08. The smallest absolute Gasteiger partial charge is 0.228 e. The highest BCUT2D eigenvalue weighted by molar-refractivity contribution is 6.35. The molecule has 0 spiro atoms. The van der Waals surface area contributed by atoms with E-state index in [1.165, 1.54) is 0 Å². The largest absolute Gasteiger partial charge is 0.339 e. The topological polar surface area (TPSA) is 66.9 Å². The van der Waals surface area contributed by atoms with Gasteiger partial charge in [0, 0.05) is 21.7 Å². The quantitative estimate of drug-likeness (QED) is 0.887. The number of halogens is 2. The molecule has 2 rings (SSSR count). The van der Waals surface area contributed by atoms with Crippen molar-refractivity contribution in [3.05, 3.63) is 40.4 Å².